The van der Waals surface area contributed by atoms with Crippen LogP contribution >= 0.6 is 23.2 Å². The lowest BCUT2D eigenvalue weighted by Gasteiger charge is -2.15. The van der Waals surface area contributed by atoms with Crippen LogP contribution in [0.4, 0.5) is 0 Å². The summed E-state index contributed by atoms with van der Waals surface area (Å²) in [5.74, 6) is -0.515. The first-order valence-electron chi connectivity index (χ1n) is 11.3. The van der Waals surface area contributed by atoms with Crippen molar-refractivity contribution < 1.29 is 9.90 Å². The lowest BCUT2D eigenvalue weighted by molar-refractivity contribution is 0.0697. The molecule has 12 heteroatoms. The van der Waals surface area contributed by atoms with Gasteiger partial charge in [-0.1, -0.05) is 35.3 Å². The fraction of sp³-hybridized carbons (Fsp3) is 0.120. The van der Waals surface area contributed by atoms with E-state index in [1.54, 1.807) is 47.2 Å². The number of hydrogen-bond acceptors (Lipinski definition) is 6. The summed E-state index contributed by atoms with van der Waals surface area (Å²) in [5.41, 5.74) is 3.93. The molecule has 2 aromatic carbocycles. The maximum atomic E-state index is 13.4. The first-order chi connectivity index (χ1) is 17.9. The van der Waals surface area contributed by atoms with Crippen LogP contribution in [-0.4, -0.2) is 45.8 Å². The molecule has 1 aliphatic heterocycles. The van der Waals surface area contributed by atoms with Crippen LogP contribution < -0.4 is 5.56 Å². The van der Waals surface area contributed by atoms with Crippen molar-refractivity contribution in [2.24, 2.45) is 0 Å². The van der Waals surface area contributed by atoms with Gasteiger partial charge in [-0.05, 0) is 59.2 Å². The number of pyridine rings is 1. The van der Waals surface area contributed by atoms with Crippen molar-refractivity contribution in [3.63, 3.8) is 0 Å². The van der Waals surface area contributed by atoms with Gasteiger partial charge in [-0.15, -0.1) is 5.10 Å². The molecule has 184 valence electrons. The van der Waals surface area contributed by atoms with Gasteiger partial charge in [0.1, 0.15) is 12.2 Å². The second-order valence-corrected chi connectivity index (χ2v) is 9.38. The molecule has 0 spiro atoms. The largest absolute Gasteiger partial charge is 0.478 e. The van der Waals surface area contributed by atoms with Gasteiger partial charge >= 0.3 is 5.97 Å². The first-order valence-corrected chi connectivity index (χ1v) is 12.0. The molecule has 0 unspecified atom stereocenters. The fourth-order valence-corrected chi connectivity index (χ4v) is 5.25. The van der Waals surface area contributed by atoms with Crippen molar-refractivity contribution in [1.82, 2.24) is 34.7 Å². The van der Waals surface area contributed by atoms with E-state index in [0.29, 0.717) is 46.2 Å². The molecule has 0 fully saturated rings. The highest BCUT2D eigenvalue weighted by Gasteiger charge is 2.28. The Hall–Kier alpha value is -4.28. The number of hydrogen-bond donors (Lipinski definition) is 2. The molecule has 37 heavy (non-hydrogen) atoms. The van der Waals surface area contributed by atoms with E-state index >= 15 is 0 Å². The number of H-pyrrole nitrogens is 1. The average Bonchev–Trinajstić information content (AvgIpc) is 3.64. The number of nitrogens with one attached hydrogen (secondary N) is 1. The molecule has 0 amide bonds. The molecule has 0 bridgehead atoms. The van der Waals surface area contributed by atoms with E-state index in [0.717, 1.165) is 11.3 Å². The summed E-state index contributed by atoms with van der Waals surface area (Å²) in [4.78, 5) is 32.6. The molecule has 4 heterocycles. The third-order valence-electron chi connectivity index (χ3n) is 6.43. The topological polar surface area (TPSA) is 132 Å². The quantitative estimate of drug-likeness (QED) is 0.341. The standard InChI is InChI=1S/C25H17Cl2N7O3/c26-14-4-6-20(33-12-29-31-32-33)18(10-14)13-8-15-5-7-21(34(15)22(35)9-13)24-28-11-19(30-24)16-2-1-3-17(23(16)27)25(36)37/h1-4,6,8-12,21H,5,7H2,(H,28,30)(H,36,37)/t21-/m0/s1. The number of aromatic amines is 1. The number of carbonyl (C=O) groups is 1. The Kier molecular flexibility index (Phi) is 5.62. The van der Waals surface area contributed by atoms with Crippen molar-refractivity contribution in [1.29, 1.82) is 0 Å². The van der Waals surface area contributed by atoms with Crippen LogP contribution in [0.25, 0.3) is 28.1 Å². The minimum absolute atomic E-state index is 0.00679. The van der Waals surface area contributed by atoms with Crippen LogP contribution in [0, 0.1) is 0 Å². The van der Waals surface area contributed by atoms with E-state index in [-0.39, 0.29) is 22.2 Å². The Labute approximate surface area is 219 Å². The lowest BCUT2D eigenvalue weighted by Crippen LogP contribution is -2.23. The molecule has 0 saturated carbocycles. The summed E-state index contributed by atoms with van der Waals surface area (Å²) in [6, 6.07) is 13.4. The predicted octanol–water partition coefficient (Wildman–Crippen LogP) is 4.42. The number of nitrogens with zero attached hydrogens (tertiary/aromatic N) is 6. The van der Waals surface area contributed by atoms with Crippen LogP contribution in [0.3, 0.4) is 0 Å². The Morgan fingerprint density at radius 2 is 1.97 bits per heavy atom. The van der Waals surface area contributed by atoms with Crippen LogP contribution in [0.1, 0.15) is 34.3 Å². The number of aromatic carboxylic acids is 1. The number of benzene rings is 2. The zero-order valence-electron chi connectivity index (χ0n) is 19.0. The van der Waals surface area contributed by atoms with Crippen LogP contribution in [-0.2, 0) is 6.42 Å². The van der Waals surface area contributed by atoms with Crippen LogP contribution in [0.15, 0.2) is 65.8 Å². The van der Waals surface area contributed by atoms with Crippen molar-refractivity contribution in [3.8, 4) is 28.1 Å². The van der Waals surface area contributed by atoms with E-state index in [4.69, 9.17) is 23.2 Å². The van der Waals surface area contributed by atoms with Gasteiger partial charge in [0.05, 0.1) is 34.2 Å². The number of imidazole rings is 1. The summed E-state index contributed by atoms with van der Waals surface area (Å²) in [5, 5.41) is 21.4. The summed E-state index contributed by atoms with van der Waals surface area (Å²) >= 11 is 12.6. The van der Waals surface area contributed by atoms with Gasteiger partial charge in [-0.2, -0.15) is 4.68 Å². The first kappa shape index (κ1) is 23.1. The van der Waals surface area contributed by atoms with Gasteiger partial charge in [-0.3, -0.25) is 4.79 Å². The van der Waals surface area contributed by atoms with Gasteiger partial charge in [-0.25, -0.2) is 9.78 Å². The maximum Gasteiger partial charge on any atom is 0.337 e. The third-order valence-corrected chi connectivity index (χ3v) is 7.07. The number of carboxylic acids is 1. The molecule has 0 saturated heterocycles. The monoisotopic (exact) mass is 533 g/mol. The van der Waals surface area contributed by atoms with Crippen molar-refractivity contribution >= 4 is 29.2 Å². The molecule has 2 N–H and O–H groups in total. The summed E-state index contributed by atoms with van der Waals surface area (Å²) in [6.07, 6.45) is 4.42. The number of tetrazole rings is 1. The summed E-state index contributed by atoms with van der Waals surface area (Å²) in [7, 11) is 0. The van der Waals surface area contributed by atoms with E-state index in [1.807, 2.05) is 6.07 Å². The molecule has 0 aliphatic carbocycles. The molecule has 5 aromatic rings. The van der Waals surface area contributed by atoms with Crippen molar-refractivity contribution in [3.05, 3.63) is 98.5 Å². The van der Waals surface area contributed by atoms with E-state index in [2.05, 4.69) is 25.5 Å². The molecule has 1 aliphatic rings. The Morgan fingerprint density at radius 3 is 2.76 bits per heavy atom. The number of halogens is 2. The molecular formula is C25H17Cl2N7O3. The van der Waals surface area contributed by atoms with E-state index in [9.17, 15) is 14.7 Å². The van der Waals surface area contributed by atoms with Crippen molar-refractivity contribution in [2.75, 3.05) is 0 Å². The zero-order valence-corrected chi connectivity index (χ0v) is 20.5. The molecule has 6 rings (SSSR count). The summed E-state index contributed by atoms with van der Waals surface area (Å²) in [6.45, 7) is 0. The van der Waals surface area contributed by atoms with E-state index in [1.165, 1.54) is 17.1 Å². The molecule has 0 radical (unpaired) electrons. The number of fused-ring (bicyclic) bond motifs is 1. The minimum atomic E-state index is -1.11. The minimum Gasteiger partial charge on any atom is -0.478 e. The smallest absolute Gasteiger partial charge is 0.337 e. The van der Waals surface area contributed by atoms with Gasteiger partial charge in [0.15, 0.2) is 0 Å². The SMILES string of the molecule is O=C(O)c1cccc(-c2cnc([C@@H]3CCc4cc(-c5cc(Cl)ccc5-n5cnnn5)cc(=O)n43)[nH]2)c1Cl. The second-order valence-electron chi connectivity index (χ2n) is 8.57. The number of carboxylic acid groups (broad SMARTS) is 1. The number of rotatable bonds is 5. The highest BCUT2D eigenvalue weighted by Crippen LogP contribution is 2.35. The Morgan fingerprint density at radius 1 is 1.11 bits per heavy atom. The number of aromatic nitrogens is 7. The lowest BCUT2D eigenvalue weighted by atomic mass is 10.0. The Bertz CT molecular complexity index is 1730. The molecule has 1 atom stereocenters. The van der Waals surface area contributed by atoms with Crippen LogP contribution in [0.2, 0.25) is 10.0 Å². The average molecular weight is 534 g/mol. The normalized spacial score (nSPS) is 14.6. The zero-order chi connectivity index (χ0) is 25.7. The predicted molar refractivity (Wildman–Crippen MR) is 136 cm³/mol. The highest BCUT2D eigenvalue weighted by atomic mass is 35.5. The van der Waals surface area contributed by atoms with Gasteiger partial charge in [0, 0.05) is 27.9 Å². The summed E-state index contributed by atoms with van der Waals surface area (Å²) < 4.78 is 3.25. The highest BCUT2D eigenvalue weighted by molar-refractivity contribution is 6.36. The van der Waals surface area contributed by atoms with Crippen LogP contribution in [0.5, 0.6) is 0 Å². The molecular weight excluding hydrogens is 517 g/mol. The fourth-order valence-electron chi connectivity index (χ4n) is 4.77. The number of aryl methyl sites for hydroxylation is 1. The van der Waals surface area contributed by atoms with Gasteiger partial charge in [0.25, 0.3) is 5.56 Å². The van der Waals surface area contributed by atoms with Gasteiger partial charge in [0.2, 0.25) is 0 Å². The van der Waals surface area contributed by atoms with Gasteiger partial charge < -0.3 is 14.7 Å². The Balaban J connectivity index is 1.38. The second kappa shape index (κ2) is 8.99. The molecule has 10 nitrogen and oxygen atoms in total. The third kappa shape index (κ3) is 4.00. The van der Waals surface area contributed by atoms with E-state index < -0.39 is 5.97 Å². The van der Waals surface area contributed by atoms with Crippen molar-refractivity contribution in [2.45, 2.75) is 18.9 Å². The maximum absolute atomic E-state index is 13.4. The molecule has 3 aromatic heterocycles.